The van der Waals surface area contributed by atoms with Gasteiger partial charge >= 0.3 is 0 Å². The molecule has 110 valence electrons. The minimum atomic E-state index is -0.286. The molecule has 1 aromatic heterocycles. The number of amides is 1. The fourth-order valence-corrected chi connectivity index (χ4v) is 3.02. The second-order valence-corrected chi connectivity index (χ2v) is 5.75. The zero-order chi connectivity index (χ0) is 14.7. The van der Waals surface area contributed by atoms with Gasteiger partial charge in [-0.15, -0.1) is 11.3 Å². The maximum absolute atomic E-state index is 13.2. The molecule has 2 heterocycles. The number of hydrogen-bond acceptors (Lipinski definition) is 4. The Balaban J connectivity index is 1.69. The number of carbonyl (C=O) groups is 1. The Labute approximate surface area is 126 Å². The zero-order valence-corrected chi connectivity index (χ0v) is 12.2. The van der Waals surface area contributed by atoms with Crippen molar-refractivity contribution in [2.45, 2.75) is 6.42 Å². The van der Waals surface area contributed by atoms with E-state index in [1.807, 2.05) is 11.4 Å². The number of hydrogen-bond donors (Lipinski definition) is 0. The molecular weight excluding hydrogens is 291 g/mol. The van der Waals surface area contributed by atoms with E-state index in [0.717, 1.165) is 10.6 Å². The van der Waals surface area contributed by atoms with Gasteiger partial charge < -0.3 is 9.64 Å². The average Bonchev–Trinajstić information content (AvgIpc) is 2.97. The van der Waals surface area contributed by atoms with Crippen LogP contribution in [0.3, 0.4) is 0 Å². The first-order valence-electron chi connectivity index (χ1n) is 6.78. The predicted octanol–water partition coefficient (Wildman–Crippen LogP) is 2.35. The highest BCUT2D eigenvalue weighted by atomic mass is 32.1. The summed E-state index contributed by atoms with van der Waals surface area (Å²) in [5, 5.41) is 2.61. The largest absolute Gasteiger partial charge is 0.378 e. The number of benzene rings is 1. The Morgan fingerprint density at radius 2 is 2.19 bits per heavy atom. The van der Waals surface area contributed by atoms with Gasteiger partial charge in [-0.05, 0) is 12.1 Å². The van der Waals surface area contributed by atoms with Crippen LogP contribution in [0, 0.1) is 5.82 Å². The molecule has 1 aliphatic heterocycles. The summed E-state index contributed by atoms with van der Waals surface area (Å²) in [6, 6.07) is 6.32. The van der Waals surface area contributed by atoms with Gasteiger partial charge in [0.05, 0.1) is 25.3 Å². The molecule has 1 aromatic carbocycles. The minimum absolute atomic E-state index is 0.0680. The first kappa shape index (κ1) is 14.2. The molecule has 1 saturated heterocycles. The highest BCUT2D eigenvalue weighted by Crippen LogP contribution is 2.23. The van der Waals surface area contributed by atoms with Crippen LogP contribution in [0.15, 0.2) is 29.6 Å². The number of carbonyl (C=O) groups excluding carboxylic acids is 1. The third-order valence-corrected chi connectivity index (χ3v) is 4.19. The van der Waals surface area contributed by atoms with Gasteiger partial charge in [0, 0.05) is 24.0 Å². The standard InChI is InChI=1S/C15H15FN2O2S/c16-12-3-1-2-11(8-12)13-10-21-14(17-13)9-15(19)18-4-6-20-7-5-18/h1-3,8,10H,4-7,9H2. The summed E-state index contributed by atoms with van der Waals surface area (Å²) < 4.78 is 18.4. The highest BCUT2D eigenvalue weighted by Gasteiger charge is 2.18. The summed E-state index contributed by atoms with van der Waals surface area (Å²) in [6.07, 6.45) is 0.292. The van der Waals surface area contributed by atoms with Crippen LogP contribution in [-0.4, -0.2) is 42.1 Å². The summed E-state index contributed by atoms with van der Waals surface area (Å²) in [6.45, 7) is 2.47. The normalized spacial score (nSPS) is 15.2. The van der Waals surface area contributed by atoms with Crippen LogP contribution in [-0.2, 0) is 16.0 Å². The number of thiazole rings is 1. The van der Waals surface area contributed by atoms with Crippen molar-refractivity contribution in [3.05, 3.63) is 40.5 Å². The molecule has 1 amide bonds. The lowest BCUT2D eigenvalue weighted by molar-refractivity contribution is -0.134. The Hall–Kier alpha value is -1.79. The lowest BCUT2D eigenvalue weighted by Gasteiger charge is -2.26. The fourth-order valence-electron chi connectivity index (χ4n) is 2.23. The van der Waals surface area contributed by atoms with Crippen molar-refractivity contribution < 1.29 is 13.9 Å². The van der Waals surface area contributed by atoms with Crippen LogP contribution < -0.4 is 0 Å². The first-order valence-corrected chi connectivity index (χ1v) is 7.66. The Morgan fingerprint density at radius 1 is 1.38 bits per heavy atom. The molecule has 0 N–H and O–H groups in total. The van der Waals surface area contributed by atoms with Gasteiger partial charge in [-0.25, -0.2) is 9.37 Å². The molecule has 0 atom stereocenters. The molecule has 6 heteroatoms. The molecule has 0 radical (unpaired) electrons. The molecule has 0 aliphatic carbocycles. The zero-order valence-electron chi connectivity index (χ0n) is 11.4. The number of rotatable bonds is 3. The minimum Gasteiger partial charge on any atom is -0.378 e. The Kier molecular flexibility index (Phi) is 4.26. The number of nitrogens with zero attached hydrogens (tertiary/aromatic N) is 2. The van der Waals surface area contributed by atoms with Gasteiger partial charge in [0.1, 0.15) is 10.8 Å². The summed E-state index contributed by atoms with van der Waals surface area (Å²) in [5.41, 5.74) is 1.44. The van der Waals surface area contributed by atoms with Crippen molar-refractivity contribution in [1.29, 1.82) is 0 Å². The van der Waals surface area contributed by atoms with Crippen LogP contribution in [0.1, 0.15) is 5.01 Å². The van der Waals surface area contributed by atoms with Gasteiger partial charge in [-0.3, -0.25) is 4.79 Å². The predicted molar refractivity (Wildman–Crippen MR) is 78.6 cm³/mol. The highest BCUT2D eigenvalue weighted by molar-refractivity contribution is 7.10. The number of aromatic nitrogens is 1. The van der Waals surface area contributed by atoms with E-state index in [4.69, 9.17) is 4.74 Å². The molecule has 0 saturated carbocycles. The summed E-state index contributed by atoms with van der Waals surface area (Å²) >= 11 is 1.43. The molecule has 0 bridgehead atoms. The van der Waals surface area contributed by atoms with Gasteiger partial charge in [-0.2, -0.15) is 0 Å². The summed E-state index contributed by atoms with van der Waals surface area (Å²) in [7, 11) is 0. The van der Waals surface area contributed by atoms with Crippen molar-refractivity contribution >= 4 is 17.2 Å². The third-order valence-electron chi connectivity index (χ3n) is 3.34. The second kappa shape index (κ2) is 6.32. The third kappa shape index (κ3) is 3.46. The van der Waals surface area contributed by atoms with Crippen molar-refractivity contribution in [2.75, 3.05) is 26.3 Å². The topological polar surface area (TPSA) is 42.4 Å². The second-order valence-electron chi connectivity index (χ2n) is 4.81. The van der Waals surface area contributed by atoms with Crippen LogP contribution in [0.5, 0.6) is 0 Å². The smallest absolute Gasteiger partial charge is 0.229 e. The first-order chi connectivity index (χ1) is 10.2. The lowest BCUT2D eigenvalue weighted by Crippen LogP contribution is -2.41. The van der Waals surface area contributed by atoms with Gasteiger partial charge in [0.2, 0.25) is 5.91 Å². The quantitative estimate of drug-likeness (QED) is 0.874. The lowest BCUT2D eigenvalue weighted by atomic mass is 10.2. The van der Waals surface area contributed by atoms with E-state index in [2.05, 4.69) is 4.98 Å². The number of halogens is 1. The molecule has 4 nitrogen and oxygen atoms in total. The van der Waals surface area contributed by atoms with Crippen molar-refractivity contribution in [3.63, 3.8) is 0 Å². The van der Waals surface area contributed by atoms with E-state index in [-0.39, 0.29) is 11.7 Å². The van der Waals surface area contributed by atoms with Gasteiger partial charge in [-0.1, -0.05) is 12.1 Å². The summed E-state index contributed by atoms with van der Waals surface area (Å²) in [4.78, 5) is 18.4. The molecule has 2 aromatic rings. The fraction of sp³-hybridized carbons (Fsp3) is 0.333. The number of ether oxygens (including phenoxy) is 1. The maximum Gasteiger partial charge on any atom is 0.229 e. The van der Waals surface area contributed by atoms with E-state index < -0.39 is 0 Å². The summed E-state index contributed by atoms with van der Waals surface area (Å²) in [5.74, 6) is -0.218. The van der Waals surface area contributed by atoms with Crippen molar-refractivity contribution in [1.82, 2.24) is 9.88 Å². The van der Waals surface area contributed by atoms with E-state index >= 15 is 0 Å². The van der Waals surface area contributed by atoms with Crippen molar-refractivity contribution in [3.8, 4) is 11.3 Å². The SMILES string of the molecule is O=C(Cc1nc(-c2cccc(F)c2)cs1)N1CCOCC1. The van der Waals surface area contributed by atoms with Crippen molar-refractivity contribution in [2.24, 2.45) is 0 Å². The molecule has 3 rings (SSSR count). The molecule has 1 aliphatic rings. The van der Waals surface area contributed by atoms with Crippen LogP contribution in [0.4, 0.5) is 4.39 Å². The van der Waals surface area contributed by atoms with E-state index in [9.17, 15) is 9.18 Å². The number of morpholine rings is 1. The molecule has 0 spiro atoms. The van der Waals surface area contributed by atoms with Crippen LogP contribution in [0.2, 0.25) is 0 Å². The molecule has 21 heavy (non-hydrogen) atoms. The van der Waals surface area contributed by atoms with Gasteiger partial charge in [0.25, 0.3) is 0 Å². The Morgan fingerprint density at radius 3 is 2.95 bits per heavy atom. The molecule has 1 fully saturated rings. The van der Waals surface area contributed by atoms with Gasteiger partial charge in [0.15, 0.2) is 0 Å². The van der Waals surface area contributed by atoms with E-state index in [1.54, 1.807) is 11.0 Å². The van der Waals surface area contributed by atoms with Crippen LogP contribution >= 0.6 is 11.3 Å². The Bertz CT molecular complexity index is 638. The van der Waals surface area contributed by atoms with E-state index in [1.165, 1.54) is 23.5 Å². The van der Waals surface area contributed by atoms with E-state index in [0.29, 0.717) is 38.4 Å². The van der Waals surface area contributed by atoms with Crippen LogP contribution in [0.25, 0.3) is 11.3 Å². The monoisotopic (exact) mass is 306 g/mol. The average molecular weight is 306 g/mol. The maximum atomic E-state index is 13.2. The molecular formula is C15H15FN2O2S. The molecule has 0 unspecified atom stereocenters.